The lowest BCUT2D eigenvalue weighted by Crippen LogP contribution is -2.02. The highest BCUT2D eigenvalue weighted by atomic mass is 19.1. The average Bonchev–Trinajstić information content (AvgIpc) is 3.06. The van der Waals surface area contributed by atoms with Gasteiger partial charge in [0.2, 0.25) is 0 Å². The predicted molar refractivity (Wildman–Crippen MR) is 106 cm³/mol. The Morgan fingerprint density at radius 2 is 1.71 bits per heavy atom. The van der Waals surface area contributed by atoms with Crippen LogP contribution in [0.5, 0.6) is 5.75 Å². The van der Waals surface area contributed by atoms with Crippen LogP contribution in [0.3, 0.4) is 0 Å². The first-order valence-electron chi connectivity index (χ1n) is 8.90. The van der Waals surface area contributed by atoms with Gasteiger partial charge < -0.3 is 14.8 Å². The molecule has 0 atom stereocenters. The van der Waals surface area contributed by atoms with Crippen LogP contribution in [0, 0.1) is 5.82 Å². The fourth-order valence-corrected chi connectivity index (χ4v) is 3.34. The van der Waals surface area contributed by atoms with E-state index in [0.717, 1.165) is 5.56 Å². The van der Waals surface area contributed by atoms with Crippen LogP contribution in [-0.2, 0) is 17.8 Å². The number of carboxylic acid groups (broad SMARTS) is 1. The molecule has 1 heterocycles. The van der Waals surface area contributed by atoms with E-state index in [1.165, 1.54) is 6.07 Å². The van der Waals surface area contributed by atoms with Crippen molar-refractivity contribution in [3.8, 4) is 17.0 Å². The highest BCUT2D eigenvalue weighted by molar-refractivity contribution is 5.95. The molecule has 0 aliphatic heterocycles. The van der Waals surface area contributed by atoms with Crippen LogP contribution in [0.1, 0.15) is 11.1 Å². The molecule has 5 heteroatoms. The largest absolute Gasteiger partial charge is 0.488 e. The minimum Gasteiger partial charge on any atom is -0.488 e. The van der Waals surface area contributed by atoms with E-state index in [9.17, 15) is 14.3 Å². The van der Waals surface area contributed by atoms with Crippen molar-refractivity contribution in [1.29, 1.82) is 0 Å². The number of carboxylic acids is 1. The summed E-state index contributed by atoms with van der Waals surface area (Å²) in [7, 11) is 0. The lowest BCUT2D eigenvalue weighted by Gasteiger charge is -2.12. The number of hydrogen-bond acceptors (Lipinski definition) is 2. The minimum atomic E-state index is -0.978. The number of fused-ring (bicyclic) bond motifs is 1. The van der Waals surface area contributed by atoms with Gasteiger partial charge in [-0.15, -0.1) is 0 Å². The van der Waals surface area contributed by atoms with Gasteiger partial charge in [-0.25, -0.2) is 4.39 Å². The maximum Gasteiger partial charge on any atom is 0.307 e. The van der Waals surface area contributed by atoms with Crippen LogP contribution >= 0.6 is 0 Å². The van der Waals surface area contributed by atoms with Crippen molar-refractivity contribution in [2.45, 2.75) is 13.0 Å². The number of carbonyl (C=O) groups is 1. The van der Waals surface area contributed by atoms with Gasteiger partial charge in [0.25, 0.3) is 0 Å². The Kier molecular flexibility index (Phi) is 4.81. The molecule has 0 bridgehead atoms. The standard InChI is InChI=1S/C23H18FNO3/c24-19-11-6-10-16-18(13-21(26)27)22(25-23(16)19)17-9-4-5-12-20(17)28-14-15-7-2-1-3-8-15/h1-12,25H,13-14H2,(H,26,27). The number of H-pyrrole nitrogens is 1. The fourth-order valence-electron chi connectivity index (χ4n) is 3.34. The van der Waals surface area contributed by atoms with Gasteiger partial charge in [0, 0.05) is 10.9 Å². The maximum absolute atomic E-state index is 14.3. The molecule has 1 aromatic heterocycles. The molecule has 4 aromatic rings. The molecule has 0 amide bonds. The van der Waals surface area contributed by atoms with Gasteiger partial charge in [-0.2, -0.15) is 0 Å². The Labute approximate surface area is 161 Å². The Morgan fingerprint density at radius 1 is 0.964 bits per heavy atom. The summed E-state index contributed by atoms with van der Waals surface area (Å²) in [5.41, 5.74) is 3.12. The molecule has 4 nitrogen and oxygen atoms in total. The molecule has 0 fully saturated rings. The van der Waals surface area contributed by atoms with Gasteiger partial charge in [0.1, 0.15) is 18.2 Å². The van der Waals surface area contributed by atoms with E-state index >= 15 is 0 Å². The predicted octanol–water partition coefficient (Wildman–Crippen LogP) is 5.18. The maximum atomic E-state index is 14.3. The zero-order valence-electron chi connectivity index (χ0n) is 15.0. The Bertz CT molecular complexity index is 1140. The number of benzene rings is 3. The molecule has 0 radical (unpaired) electrons. The highest BCUT2D eigenvalue weighted by Gasteiger charge is 2.20. The molecule has 4 rings (SSSR count). The molecular weight excluding hydrogens is 357 g/mol. The lowest BCUT2D eigenvalue weighted by molar-refractivity contribution is -0.136. The number of ether oxygens (including phenoxy) is 1. The number of aromatic nitrogens is 1. The van der Waals surface area contributed by atoms with E-state index < -0.39 is 11.8 Å². The molecule has 2 N–H and O–H groups in total. The van der Waals surface area contributed by atoms with Crippen molar-refractivity contribution in [3.05, 3.63) is 89.7 Å². The molecule has 0 aliphatic rings. The Hall–Kier alpha value is -3.60. The van der Waals surface area contributed by atoms with E-state index in [0.29, 0.717) is 40.1 Å². The molecule has 0 aliphatic carbocycles. The summed E-state index contributed by atoms with van der Waals surface area (Å²) in [6.45, 7) is 0.376. The summed E-state index contributed by atoms with van der Waals surface area (Å²) in [6, 6.07) is 21.8. The lowest BCUT2D eigenvalue weighted by atomic mass is 10.0. The van der Waals surface area contributed by atoms with E-state index in [1.807, 2.05) is 54.6 Å². The summed E-state index contributed by atoms with van der Waals surface area (Å²) in [5.74, 6) is -0.794. The van der Waals surface area contributed by atoms with Crippen molar-refractivity contribution in [2.24, 2.45) is 0 Å². The van der Waals surface area contributed by atoms with Gasteiger partial charge in [0.05, 0.1) is 17.6 Å². The van der Waals surface area contributed by atoms with Crippen molar-refractivity contribution >= 4 is 16.9 Å². The summed E-state index contributed by atoms with van der Waals surface area (Å²) in [6.07, 6.45) is -0.216. The second kappa shape index (κ2) is 7.56. The zero-order valence-corrected chi connectivity index (χ0v) is 15.0. The van der Waals surface area contributed by atoms with Gasteiger partial charge in [-0.05, 0) is 29.3 Å². The molecule has 0 spiro atoms. The summed E-state index contributed by atoms with van der Waals surface area (Å²) in [5, 5.41) is 9.93. The van der Waals surface area contributed by atoms with Gasteiger partial charge in [-0.1, -0.05) is 54.6 Å². The third-order valence-corrected chi connectivity index (χ3v) is 4.61. The number of nitrogens with one attached hydrogen (secondary N) is 1. The number of para-hydroxylation sites is 2. The third kappa shape index (κ3) is 3.47. The Morgan fingerprint density at radius 3 is 2.50 bits per heavy atom. The number of halogens is 1. The van der Waals surface area contributed by atoms with Crippen LogP contribution in [0.25, 0.3) is 22.2 Å². The summed E-state index contributed by atoms with van der Waals surface area (Å²) >= 11 is 0. The number of aliphatic carboxylic acids is 1. The van der Waals surface area contributed by atoms with Crippen LogP contribution < -0.4 is 4.74 Å². The van der Waals surface area contributed by atoms with Crippen LogP contribution in [0.4, 0.5) is 4.39 Å². The number of rotatable bonds is 6. The average molecular weight is 375 g/mol. The molecule has 0 unspecified atom stereocenters. The zero-order chi connectivity index (χ0) is 19.5. The first kappa shape index (κ1) is 17.8. The smallest absolute Gasteiger partial charge is 0.307 e. The normalized spacial score (nSPS) is 10.9. The SMILES string of the molecule is O=C(O)Cc1c(-c2ccccc2OCc2ccccc2)[nH]c2c(F)cccc12. The first-order valence-corrected chi connectivity index (χ1v) is 8.90. The quantitative estimate of drug-likeness (QED) is 0.488. The first-order chi connectivity index (χ1) is 13.6. The van der Waals surface area contributed by atoms with Crippen LogP contribution in [-0.4, -0.2) is 16.1 Å². The van der Waals surface area contributed by atoms with Crippen LogP contribution in [0.2, 0.25) is 0 Å². The second-order valence-electron chi connectivity index (χ2n) is 6.48. The second-order valence-corrected chi connectivity index (χ2v) is 6.48. The summed E-state index contributed by atoms with van der Waals surface area (Å²) < 4.78 is 20.3. The van der Waals surface area contributed by atoms with E-state index in [4.69, 9.17) is 4.74 Å². The van der Waals surface area contributed by atoms with Gasteiger partial charge >= 0.3 is 5.97 Å². The van der Waals surface area contributed by atoms with Gasteiger partial charge in [-0.3, -0.25) is 4.79 Å². The molecule has 0 saturated heterocycles. The third-order valence-electron chi connectivity index (χ3n) is 4.61. The van der Waals surface area contributed by atoms with Crippen molar-refractivity contribution in [3.63, 3.8) is 0 Å². The van der Waals surface area contributed by atoms with Crippen molar-refractivity contribution in [1.82, 2.24) is 4.98 Å². The van der Waals surface area contributed by atoms with Crippen molar-refractivity contribution < 1.29 is 19.0 Å². The monoisotopic (exact) mass is 375 g/mol. The number of hydrogen-bond donors (Lipinski definition) is 2. The molecule has 28 heavy (non-hydrogen) atoms. The van der Waals surface area contributed by atoms with E-state index in [1.54, 1.807) is 12.1 Å². The summed E-state index contributed by atoms with van der Waals surface area (Å²) in [4.78, 5) is 14.5. The van der Waals surface area contributed by atoms with Crippen molar-refractivity contribution in [2.75, 3.05) is 0 Å². The van der Waals surface area contributed by atoms with Crippen LogP contribution in [0.15, 0.2) is 72.8 Å². The molecule has 3 aromatic carbocycles. The molecule has 140 valence electrons. The topological polar surface area (TPSA) is 62.3 Å². The molecular formula is C23H18FNO3. The fraction of sp³-hybridized carbons (Fsp3) is 0.0870. The van der Waals surface area contributed by atoms with Gasteiger partial charge in [0.15, 0.2) is 0 Å². The highest BCUT2D eigenvalue weighted by Crippen LogP contribution is 2.37. The minimum absolute atomic E-state index is 0.216. The van der Waals surface area contributed by atoms with E-state index in [-0.39, 0.29) is 6.42 Å². The Balaban J connectivity index is 1.80. The molecule has 0 saturated carbocycles. The number of aromatic amines is 1. The van der Waals surface area contributed by atoms with E-state index in [2.05, 4.69) is 4.98 Å².